The minimum atomic E-state index is 0.00736. The zero-order chi connectivity index (χ0) is 10.1. The van der Waals surface area contributed by atoms with Crippen molar-refractivity contribution in [2.75, 3.05) is 13.1 Å². The van der Waals surface area contributed by atoms with E-state index in [9.17, 15) is 4.79 Å². The summed E-state index contributed by atoms with van der Waals surface area (Å²) in [6, 6.07) is 0.127. The molecule has 0 aromatic carbocycles. The summed E-state index contributed by atoms with van der Waals surface area (Å²) in [5, 5.41) is 6.54. The topological polar surface area (TPSA) is 75.0 Å². The molecule has 1 fully saturated rings. The first kappa shape index (κ1) is 9.21. The maximum atomic E-state index is 11.9. The van der Waals surface area contributed by atoms with Crippen LogP contribution in [-0.4, -0.2) is 40.1 Å². The summed E-state index contributed by atoms with van der Waals surface area (Å²) in [4.78, 5) is 13.6. The fourth-order valence-electron chi connectivity index (χ4n) is 1.69. The second kappa shape index (κ2) is 3.42. The van der Waals surface area contributed by atoms with Gasteiger partial charge in [0.1, 0.15) is 5.69 Å². The lowest BCUT2D eigenvalue weighted by molar-refractivity contribution is 0.0784. The fourth-order valence-corrected chi connectivity index (χ4v) is 1.69. The van der Waals surface area contributed by atoms with E-state index in [4.69, 9.17) is 5.73 Å². The van der Waals surface area contributed by atoms with E-state index in [1.165, 1.54) is 0 Å². The Labute approximate surface area is 82.3 Å². The summed E-state index contributed by atoms with van der Waals surface area (Å²) in [6.07, 6.45) is 2.54. The Morgan fingerprint density at radius 2 is 2.57 bits per heavy atom. The van der Waals surface area contributed by atoms with Crippen molar-refractivity contribution in [2.24, 2.45) is 5.73 Å². The smallest absolute Gasteiger partial charge is 0.272 e. The van der Waals surface area contributed by atoms with Crippen LogP contribution in [0.25, 0.3) is 0 Å². The van der Waals surface area contributed by atoms with Crippen LogP contribution in [0.2, 0.25) is 0 Å². The molecule has 1 aromatic heterocycles. The van der Waals surface area contributed by atoms with Gasteiger partial charge in [0.2, 0.25) is 0 Å². The number of nitrogens with one attached hydrogen (secondary N) is 1. The van der Waals surface area contributed by atoms with Crippen molar-refractivity contribution in [3.63, 3.8) is 0 Å². The van der Waals surface area contributed by atoms with Crippen LogP contribution in [0.4, 0.5) is 0 Å². The van der Waals surface area contributed by atoms with Crippen molar-refractivity contribution in [1.29, 1.82) is 0 Å². The van der Waals surface area contributed by atoms with Crippen molar-refractivity contribution < 1.29 is 4.79 Å². The third kappa shape index (κ3) is 1.50. The average Bonchev–Trinajstić information content (AvgIpc) is 2.73. The number of amides is 1. The molecule has 0 aliphatic carbocycles. The van der Waals surface area contributed by atoms with Crippen molar-refractivity contribution in [1.82, 2.24) is 15.1 Å². The van der Waals surface area contributed by atoms with E-state index in [0.29, 0.717) is 12.2 Å². The number of likely N-dealkylation sites (tertiary alicyclic amines) is 1. The van der Waals surface area contributed by atoms with Crippen LogP contribution in [0.5, 0.6) is 0 Å². The van der Waals surface area contributed by atoms with Gasteiger partial charge in [-0.05, 0) is 18.9 Å². The first-order valence-corrected chi connectivity index (χ1v) is 4.73. The normalized spacial score (nSPS) is 21.6. The average molecular weight is 194 g/mol. The van der Waals surface area contributed by atoms with Gasteiger partial charge in [0.05, 0.1) is 6.20 Å². The molecule has 1 atom stereocenters. The monoisotopic (exact) mass is 194 g/mol. The quantitative estimate of drug-likeness (QED) is 0.655. The van der Waals surface area contributed by atoms with Gasteiger partial charge in [-0.15, -0.1) is 0 Å². The second-order valence-corrected chi connectivity index (χ2v) is 3.73. The molecule has 2 heterocycles. The summed E-state index contributed by atoms with van der Waals surface area (Å²) in [6.45, 7) is 3.27. The first-order chi connectivity index (χ1) is 6.68. The zero-order valence-electron chi connectivity index (χ0n) is 8.16. The predicted octanol–water partition coefficient (Wildman–Crippen LogP) is -0.109. The van der Waals surface area contributed by atoms with Crippen LogP contribution in [0.1, 0.15) is 22.5 Å². The number of aryl methyl sites for hydroxylation is 1. The number of H-pyrrole nitrogens is 1. The molecule has 0 saturated carbocycles. The third-order valence-corrected chi connectivity index (χ3v) is 2.55. The minimum absolute atomic E-state index is 0.00736. The van der Waals surface area contributed by atoms with Gasteiger partial charge in [0.25, 0.3) is 5.91 Å². The zero-order valence-corrected chi connectivity index (χ0v) is 8.16. The van der Waals surface area contributed by atoms with Crippen LogP contribution in [0.3, 0.4) is 0 Å². The standard InChI is InChI=1S/C9H14N4O/c1-6-4-11-12-8(6)9(14)13-3-2-7(10)5-13/h4,7H,2-3,5,10H2,1H3,(H,11,12). The predicted molar refractivity (Wildman–Crippen MR) is 51.8 cm³/mol. The summed E-state index contributed by atoms with van der Waals surface area (Å²) >= 11 is 0. The Hall–Kier alpha value is -1.36. The van der Waals surface area contributed by atoms with Gasteiger partial charge >= 0.3 is 0 Å². The van der Waals surface area contributed by atoms with Crippen molar-refractivity contribution >= 4 is 5.91 Å². The molecule has 1 saturated heterocycles. The number of nitrogens with two attached hydrogens (primary N) is 1. The molecular weight excluding hydrogens is 180 g/mol. The number of aromatic amines is 1. The summed E-state index contributed by atoms with van der Waals surface area (Å²) in [7, 11) is 0. The summed E-state index contributed by atoms with van der Waals surface area (Å²) < 4.78 is 0. The highest BCUT2D eigenvalue weighted by Gasteiger charge is 2.26. The number of nitrogens with zero attached hydrogens (tertiary/aromatic N) is 2. The van der Waals surface area contributed by atoms with Crippen LogP contribution < -0.4 is 5.73 Å². The molecule has 1 amide bonds. The van der Waals surface area contributed by atoms with E-state index in [2.05, 4.69) is 10.2 Å². The lowest BCUT2D eigenvalue weighted by Gasteiger charge is -2.14. The van der Waals surface area contributed by atoms with Crippen LogP contribution >= 0.6 is 0 Å². The van der Waals surface area contributed by atoms with Gasteiger partial charge in [0, 0.05) is 19.1 Å². The molecule has 3 N–H and O–H groups in total. The lowest BCUT2D eigenvalue weighted by Crippen LogP contribution is -2.32. The maximum Gasteiger partial charge on any atom is 0.272 e. The maximum absolute atomic E-state index is 11.9. The van der Waals surface area contributed by atoms with Gasteiger partial charge in [-0.25, -0.2) is 0 Å². The number of rotatable bonds is 1. The van der Waals surface area contributed by atoms with Crippen LogP contribution in [-0.2, 0) is 0 Å². The van der Waals surface area contributed by atoms with Crippen molar-refractivity contribution in [3.05, 3.63) is 17.5 Å². The van der Waals surface area contributed by atoms with Crippen LogP contribution in [0, 0.1) is 6.92 Å². The summed E-state index contributed by atoms with van der Waals surface area (Å²) in [5.41, 5.74) is 7.20. The Morgan fingerprint density at radius 1 is 1.79 bits per heavy atom. The molecule has 1 aromatic rings. The number of carbonyl (C=O) groups is 1. The Morgan fingerprint density at radius 3 is 3.07 bits per heavy atom. The fraction of sp³-hybridized carbons (Fsp3) is 0.556. The largest absolute Gasteiger partial charge is 0.336 e. The minimum Gasteiger partial charge on any atom is -0.336 e. The molecule has 1 aliphatic rings. The SMILES string of the molecule is Cc1cn[nH]c1C(=O)N1CCC(N)C1. The van der Waals surface area contributed by atoms with Gasteiger partial charge in [-0.1, -0.05) is 0 Å². The molecule has 5 nitrogen and oxygen atoms in total. The first-order valence-electron chi connectivity index (χ1n) is 4.73. The number of hydrogen-bond acceptors (Lipinski definition) is 3. The second-order valence-electron chi connectivity index (χ2n) is 3.73. The number of hydrogen-bond donors (Lipinski definition) is 2. The lowest BCUT2D eigenvalue weighted by atomic mass is 10.2. The highest BCUT2D eigenvalue weighted by Crippen LogP contribution is 2.12. The molecule has 5 heteroatoms. The highest BCUT2D eigenvalue weighted by molar-refractivity contribution is 5.93. The molecule has 1 aliphatic heterocycles. The molecular formula is C9H14N4O. The van der Waals surface area contributed by atoms with E-state index < -0.39 is 0 Å². The molecule has 0 bridgehead atoms. The van der Waals surface area contributed by atoms with E-state index in [1.807, 2.05) is 6.92 Å². The highest BCUT2D eigenvalue weighted by atomic mass is 16.2. The van der Waals surface area contributed by atoms with Crippen molar-refractivity contribution in [3.8, 4) is 0 Å². The molecule has 0 spiro atoms. The molecule has 0 radical (unpaired) electrons. The van der Waals surface area contributed by atoms with Gasteiger partial charge in [-0.2, -0.15) is 5.10 Å². The van der Waals surface area contributed by atoms with Gasteiger partial charge < -0.3 is 10.6 Å². The van der Waals surface area contributed by atoms with E-state index in [-0.39, 0.29) is 11.9 Å². The van der Waals surface area contributed by atoms with E-state index >= 15 is 0 Å². The van der Waals surface area contributed by atoms with Gasteiger partial charge in [-0.3, -0.25) is 9.89 Å². The van der Waals surface area contributed by atoms with Crippen LogP contribution in [0.15, 0.2) is 6.20 Å². The van der Waals surface area contributed by atoms with Gasteiger partial charge in [0.15, 0.2) is 0 Å². The Balaban J connectivity index is 2.13. The molecule has 76 valence electrons. The molecule has 1 unspecified atom stereocenters. The third-order valence-electron chi connectivity index (χ3n) is 2.55. The molecule has 2 rings (SSSR count). The van der Waals surface area contributed by atoms with Crippen molar-refractivity contribution in [2.45, 2.75) is 19.4 Å². The van der Waals surface area contributed by atoms with E-state index in [1.54, 1.807) is 11.1 Å². The number of carbonyl (C=O) groups excluding carboxylic acids is 1. The Kier molecular flexibility index (Phi) is 2.25. The molecule has 14 heavy (non-hydrogen) atoms. The summed E-state index contributed by atoms with van der Waals surface area (Å²) in [5.74, 6) is 0.00736. The Bertz CT molecular complexity index is 346. The number of aromatic nitrogens is 2. The van der Waals surface area contributed by atoms with E-state index in [0.717, 1.165) is 18.5 Å².